The molecule has 2 rings (SSSR count). The average molecular weight is 302 g/mol. The summed E-state index contributed by atoms with van der Waals surface area (Å²) in [6, 6.07) is 2.05. The third kappa shape index (κ3) is 2.41. The summed E-state index contributed by atoms with van der Waals surface area (Å²) in [5.41, 5.74) is -1.70. The molecule has 0 saturated carbocycles. The SMILES string of the molecule is CC1(C)OB(c2cc([N+](=O)[O-])cc(Cl)c2F)OC1(C)C. The van der Waals surface area contributed by atoms with Gasteiger partial charge in [0.25, 0.3) is 5.69 Å². The first kappa shape index (κ1) is 15.2. The van der Waals surface area contributed by atoms with Crippen LogP contribution >= 0.6 is 11.6 Å². The van der Waals surface area contributed by atoms with E-state index in [1.807, 2.05) is 27.7 Å². The van der Waals surface area contributed by atoms with Gasteiger partial charge in [0, 0.05) is 17.6 Å². The van der Waals surface area contributed by atoms with Gasteiger partial charge in [0.15, 0.2) is 0 Å². The van der Waals surface area contributed by atoms with Gasteiger partial charge >= 0.3 is 7.12 Å². The topological polar surface area (TPSA) is 61.6 Å². The summed E-state index contributed by atoms with van der Waals surface area (Å²) < 4.78 is 25.4. The van der Waals surface area contributed by atoms with Gasteiger partial charge in [-0.05, 0) is 27.7 Å². The third-order valence-corrected chi connectivity index (χ3v) is 4.03. The first-order valence-corrected chi connectivity index (χ1v) is 6.42. The molecule has 5 nitrogen and oxygen atoms in total. The molecule has 1 aromatic carbocycles. The monoisotopic (exact) mass is 301 g/mol. The quantitative estimate of drug-likeness (QED) is 0.479. The Morgan fingerprint density at radius 2 is 1.75 bits per heavy atom. The smallest absolute Gasteiger partial charge is 0.399 e. The normalized spacial score (nSPS) is 20.2. The van der Waals surface area contributed by atoms with Crippen molar-refractivity contribution in [3.05, 3.63) is 33.1 Å². The number of nitro benzene ring substituents is 1. The molecule has 1 aliphatic heterocycles. The molecule has 0 aliphatic carbocycles. The van der Waals surface area contributed by atoms with Gasteiger partial charge in [-0.25, -0.2) is 4.39 Å². The van der Waals surface area contributed by atoms with E-state index in [9.17, 15) is 14.5 Å². The lowest BCUT2D eigenvalue weighted by Gasteiger charge is -2.32. The van der Waals surface area contributed by atoms with Crippen LogP contribution in [-0.2, 0) is 9.31 Å². The fourth-order valence-corrected chi connectivity index (χ4v) is 2.06. The second kappa shape index (κ2) is 4.68. The Bertz CT molecular complexity index is 563. The van der Waals surface area contributed by atoms with Crippen LogP contribution in [0.2, 0.25) is 5.02 Å². The zero-order chi connectivity index (χ0) is 15.3. The molecular formula is C12H14BClFNO4. The van der Waals surface area contributed by atoms with Crippen LogP contribution in [0, 0.1) is 15.9 Å². The summed E-state index contributed by atoms with van der Waals surface area (Å²) >= 11 is 5.69. The van der Waals surface area contributed by atoms with Crippen LogP contribution in [-0.4, -0.2) is 23.2 Å². The highest BCUT2D eigenvalue weighted by Gasteiger charge is 2.52. The van der Waals surface area contributed by atoms with Crippen LogP contribution in [0.4, 0.5) is 10.1 Å². The van der Waals surface area contributed by atoms with Gasteiger partial charge in [-0.1, -0.05) is 11.6 Å². The van der Waals surface area contributed by atoms with Crippen molar-refractivity contribution in [2.24, 2.45) is 0 Å². The molecule has 0 aromatic heterocycles. The molecule has 1 aliphatic rings. The summed E-state index contributed by atoms with van der Waals surface area (Å²) in [7, 11) is -1.03. The Balaban J connectivity index is 2.47. The summed E-state index contributed by atoms with van der Waals surface area (Å²) in [5, 5.41) is 10.5. The second-order valence-corrected chi connectivity index (χ2v) is 6.08. The number of non-ortho nitro benzene ring substituents is 1. The van der Waals surface area contributed by atoms with Crippen molar-refractivity contribution in [1.82, 2.24) is 0 Å². The lowest BCUT2D eigenvalue weighted by atomic mass is 9.78. The number of benzene rings is 1. The van der Waals surface area contributed by atoms with Gasteiger partial charge in [-0.3, -0.25) is 10.1 Å². The number of hydrogen-bond donors (Lipinski definition) is 0. The minimum Gasteiger partial charge on any atom is -0.399 e. The van der Waals surface area contributed by atoms with Gasteiger partial charge in [0.05, 0.1) is 21.1 Å². The zero-order valence-corrected chi connectivity index (χ0v) is 12.3. The van der Waals surface area contributed by atoms with Crippen molar-refractivity contribution in [2.45, 2.75) is 38.9 Å². The number of nitrogens with zero attached hydrogens (tertiary/aromatic N) is 1. The largest absolute Gasteiger partial charge is 0.498 e. The van der Waals surface area contributed by atoms with E-state index in [2.05, 4.69) is 0 Å². The third-order valence-electron chi connectivity index (χ3n) is 3.76. The van der Waals surface area contributed by atoms with Gasteiger partial charge in [-0.15, -0.1) is 0 Å². The molecule has 0 unspecified atom stereocenters. The maximum Gasteiger partial charge on any atom is 0.498 e. The minimum atomic E-state index is -1.03. The molecule has 0 spiro atoms. The highest BCUT2D eigenvalue weighted by molar-refractivity contribution is 6.62. The second-order valence-electron chi connectivity index (χ2n) is 5.68. The van der Waals surface area contributed by atoms with E-state index >= 15 is 0 Å². The molecule has 0 N–H and O–H groups in total. The highest BCUT2D eigenvalue weighted by Crippen LogP contribution is 2.37. The van der Waals surface area contributed by atoms with Crippen LogP contribution in [0.25, 0.3) is 0 Å². The summed E-state index contributed by atoms with van der Waals surface area (Å²) in [5.74, 6) is -0.768. The fourth-order valence-electron chi connectivity index (χ4n) is 1.84. The first-order chi connectivity index (χ1) is 9.05. The Labute approximate surface area is 121 Å². The maximum atomic E-state index is 14.1. The Morgan fingerprint density at radius 1 is 1.25 bits per heavy atom. The van der Waals surface area contributed by atoms with E-state index < -0.39 is 29.1 Å². The van der Waals surface area contributed by atoms with Crippen molar-refractivity contribution < 1.29 is 18.6 Å². The number of rotatable bonds is 2. The molecule has 1 fully saturated rings. The fraction of sp³-hybridized carbons (Fsp3) is 0.500. The van der Waals surface area contributed by atoms with Gasteiger partial charge in [0.2, 0.25) is 0 Å². The van der Waals surface area contributed by atoms with E-state index in [1.54, 1.807) is 0 Å². The summed E-state index contributed by atoms with van der Waals surface area (Å²) in [4.78, 5) is 10.2. The van der Waals surface area contributed by atoms with Crippen LogP contribution in [0.5, 0.6) is 0 Å². The average Bonchev–Trinajstić information content (AvgIpc) is 2.51. The number of hydrogen-bond acceptors (Lipinski definition) is 4. The predicted octanol–water partition coefficient (Wildman–Crippen LogP) is 2.69. The van der Waals surface area contributed by atoms with Crippen molar-refractivity contribution >= 4 is 29.9 Å². The van der Waals surface area contributed by atoms with Gasteiger partial charge < -0.3 is 9.31 Å². The predicted molar refractivity (Wildman–Crippen MR) is 73.8 cm³/mol. The molecule has 1 heterocycles. The molecule has 20 heavy (non-hydrogen) atoms. The zero-order valence-electron chi connectivity index (χ0n) is 11.6. The van der Waals surface area contributed by atoms with E-state index in [1.165, 1.54) is 0 Å². The molecular weight excluding hydrogens is 287 g/mol. The maximum absolute atomic E-state index is 14.1. The number of halogens is 2. The Morgan fingerprint density at radius 3 is 2.20 bits per heavy atom. The van der Waals surface area contributed by atoms with Crippen LogP contribution < -0.4 is 5.46 Å². The van der Waals surface area contributed by atoms with Gasteiger partial charge in [0.1, 0.15) is 5.82 Å². The van der Waals surface area contributed by atoms with Crippen molar-refractivity contribution in [2.75, 3.05) is 0 Å². The molecule has 0 radical (unpaired) electrons. The minimum absolute atomic E-state index is 0.0668. The molecule has 1 saturated heterocycles. The molecule has 0 bridgehead atoms. The Hall–Kier alpha value is -1.18. The summed E-state index contributed by atoms with van der Waals surface area (Å²) in [6.45, 7) is 7.24. The highest BCUT2D eigenvalue weighted by atomic mass is 35.5. The summed E-state index contributed by atoms with van der Waals surface area (Å²) in [6.07, 6.45) is 0. The van der Waals surface area contributed by atoms with E-state index in [0.717, 1.165) is 12.1 Å². The molecule has 0 atom stereocenters. The van der Waals surface area contributed by atoms with Crippen molar-refractivity contribution in [1.29, 1.82) is 0 Å². The van der Waals surface area contributed by atoms with E-state index in [0.29, 0.717) is 0 Å². The van der Waals surface area contributed by atoms with E-state index in [4.69, 9.17) is 20.9 Å². The molecule has 0 amide bonds. The first-order valence-electron chi connectivity index (χ1n) is 6.04. The van der Waals surface area contributed by atoms with E-state index in [-0.39, 0.29) is 16.2 Å². The van der Waals surface area contributed by atoms with Gasteiger partial charge in [-0.2, -0.15) is 0 Å². The van der Waals surface area contributed by atoms with Crippen LogP contribution in [0.1, 0.15) is 27.7 Å². The molecule has 8 heteroatoms. The van der Waals surface area contributed by atoms with Crippen LogP contribution in [0.15, 0.2) is 12.1 Å². The lowest BCUT2D eigenvalue weighted by Crippen LogP contribution is -2.41. The molecule has 108 valence electrons. The standard InChI is InChI=1S/C12H14BClFNO4/c1-11(2)12(3,4)20-13(19-11)8-5-7(16(17)18)6-9(14)10(8)15/h5-6H,1-4H3. The van der Waals surface area contributed by atoms with Crippen molar-refractivity contribution in [3.8, 4) is 0 Å². The van der Waals surface area contributed by atoms with Crippen LogP contribution in [0.3, 0.4) is 0 Å². The lowest BCUT2D eigenvalue weighted by molar-refractivity contribution is -0.384. The molecule has 1 aromatic rings. The number of nitro groups is 1. The Kier molecular flexibility index (Phi) is 3.56. The van der Waals surface area contributed by atoms with Crippen molar-refractivity contribution in [3.63, 3.8) is 0 Å².